The van der Waals surface area contributed by atoms with Crippen LogP contribution in [0.15, 0.2) is 36.5 Å². The Bertz CT molecular complexity index is 836. The third-order valence-corrected chi connectivity index (χ3v) is 3.91. The second kappa shape index (κ2) is 6.27. The third kappa shape index (κ3) is 3.12. The fraction of sp³-hybridized carbons (Fsp3) is 0.294. The van der Waals surface area contributed by atoms with Gasteiger partial charge < -0.3 is 19.8 Å². The van der Waals surface area contributed by atoms with Crippen LogP contribution < -0.4 is 9.64 Å². The molecule has 1 aromatic carbocycles. The number of fused-ring (bicyclic) bond motifs is 1. The molecule has 1 aliphatic rings. The first-order valence-electron chi connectivity index (χ1n) is 7.51. The van der Waals surface area contributed by atoms with Crippen molar-refractivity contribution in [2.75, 3.05) is 4.90 Å². The number of nitrogens with zero attached hydrogens (tertiary/aromatic N) is 3. The number of aliphatic hydroxyl groups is 2. The van der Waals surface area contributed by atoms with Crippen molar-refractivity contribution >= 4 is 5.69 Å². The third-order valence-electron chi connectivity index (χ3n) is 3.91. The first-order valence-corrected chi connectivity index (χ1v) is 7.51. The summed E-state index contributed by atoms with van der Waals surface area (Å²) in [6.07, 6.45) is -5.70. The predicted octanol–water partition coefficient (Wildman–Crippen LogP) is 2.32. The molecule has 2 N–H and O–H groups in total. The average Bonchev–Trinajstić information content (AvgIpc) is 2.58. The molecule has 0 radical (unpaired) electrons. The summed E-state index contributed by atoms with van der Waals surface area (Å²) in [5.74, 6) is -0.178. The van der Waals surface area contributed by atoms with Gasteiger partial charge in [0, 0.05) is 18.3 Å². The highest BCUT2D eigenvalue weighted by molar-refractivity contribution is 5.64. The zero-order valence-electron chi connectivity index (χ0n) is 13.2. The van der Waals surface area contributed by atoms with Crippen molar-refractivity contribution in [2.24, 2.45) is 0 Å². The fourth-order valence-corrected chi connectivity index (χ4v) is 2.71. The standard InChI is InChI=1S/C17H15F2N3O3/c1-10(23)13-3-2-4-14-15(13)25-17(18,19)16(24)22(14)9-11-5-6-21-12(7-11)8-20/h2-7,10,16,23-24H,9H2,1H3. The van der Waals surface area contributed by atoms with Gasteiger partial charge in [-0.05, 0) is 30.7 Å². The smallest absolute Gasteiger partial charge is 0.427 e. The highest BCUT2D eigenvalue weighted by atomic mass is 19.3. The van der Waals surface area contributed by atoms with Crippen molar-refractivity contribution < 1.29 is 23.7 Å². The predicted molar refractivity (Wildman–Crippen MR) is 83.8 cm³/mol. The number of para-hydroxylation sites is 1. The largest absolute Gasteiger partial charge is 0.444 e. The molecular weight excluding hydrogens is 332 g/mol. The summed E-state index contributed by atoms with van der Waals surface area (Å²) in [6.45, 7) is 1.35. The number of aliphatic hydroxyl groups excluding tert-OH is 2. The number of alkyl halides is 2. The Morgan fingerprint density at radius 2 is 2.20 bits per heavy atom. The lowest BCUT2D eigenvalue weighted by Crippen LogP contribution is -2.54. The Morgan fingerprint density at radius 3 is 2.88 bits per heavy atom. The van der Waals surface area contributed by atoms with E-state index in [0.29, 0.717) is 5.56 Å². The zero-order valence-corrected chi connectivity index (χ0v) is 13.2. The molecule has 130 valence electrons. The van der Waals surface area contributed by atoms with Crippen LogP contribution >= 0.6 is 0 Å². The maximum Gasteiger partial charge on any atom is 0.444 e. The number of anilines is 1. The van der Waals surface area contributed by atoms with E-state index < -0.39 is 18.4 Å². The number of benzene rings is 1. The maximum atomic E-state index is 14.2. The Morgan fingerprint density at radius 1 is 1.44 bits per heavy atom. The second-order valence-electron chi connectivity index (χ2n) is 5.70. The SMILES string of the molecule is CC(O)c1cccc2c1OC(F)(F)C(O)N2Cc1ccnc(C#N)c1. The summed E-state index contributed by atoms with van der Waals surface area (Å²) in [6, 6.07) is 9.49. The molecule has 2 unspecified atom stereocenters. The van der Waals surface area contributed by atoms with E-state index in [-0.39, 0.29) is 29.2 Å². The number of aromatic nitrogens is 1. The zero-order chi connectivity index (χ0) is 18.2. The number of pyridine rings is 1. The molecule has 8 heteroatoms. The van der Waals surface area contributed by atoms with Crippen LogP contribution in [0.25, 0.3) is 0 Å². The lowest BCUT2D eigenvalue weighted by atomic mass is 10.1. The monoisotopic (exact) mass is 347 g/mol. The lowest BCUT2D eigenvalue weighted by Gasteiger charge is -2.40. The molecule has 2 heterocycles. The molecule has 0 spiro atoms. The summed E-state index contributed by atoms with van der Waals surface area (Å²) in [5.41, 5.74) is 1.09. The number of hydrogen-bond acceptors (Lipinski definition) is 6. The topological polar surface area (TPSA) is 89.6 Å². The summed E-state index contributed by atoms with van der Waals surface area (Å²) < 4.78 is 33.0. The highest BCUT2D eigenvalue weighted by Gasteiger charge is 2.50. The van der Waals surface area contributed by atoms with Crippen LogP contribution in [0.5, 0.6) is 5.75 Å². The molecule has 2 atom stereocenters. The first kappa shape index (κ1) is 17.1. The van der Waals surface area contributed by atoms with Crippen molar-refractivity contribution in [3.05, 3.63) is 53.3 Å². The van der Waals surface area contributed by atoms with Crippen LogP contribution in [0.3, 0.4) is 0 Å². The minimum absolute atomic E-state index is 0.0897. The number of ether oxygens (including phenoxy) is 1. The van der Waals surface area contributed by atoms with Crippen molar-refractivity contribution in [1.82, 2.24) is 4.98 Å². The minimum Gasteiger partial charge on any atom is -0.427 e. The van der Waals surface area contributed by atoms with E-state index in [0.717, 1.165) is 4.90 Å². The van der Waals surface area contributed by atoms with Gasteiger partial charge in [0.05, 0.1) is 11.8 Å². The van der Waals surface area contributed by atoms with Crippen molar-refractivity contribution in [3.63, 3.8) is 0 Å². The van der Waals surface area contributed by atoms with Crippen LogP contribution in [-0.4, -0.2) is 27.5 Å². The molecule has 0 saturated heterocycles. The van der Waals surface area contributed by atoms with E-state index in [1.54, 1.807) is 12.1 Å². The van der Waals surface area contributed by atoms with Crippen molar-refractivity contribution in [3.8, 4) is 11.8 Å². The van der Waals surface area contributed by atoms with Crippen LogP contribution in [0.4, 0.5) is 14.5 Å². The second-order valence-corrected chi connectivity index (χ2v) is 5.70. The number of rotatable bonds is 3. The van der Waals surface area contributed by atoms with E-state index in [2.05, 4.69) is 9.72 Å². The summed E-state index contributed by atoms with van der Waals surface area (Å²) in [4.78, 5) is 4.90. The molecule has 0 amide bonds. The van der Waals surface area contributed by atoms with E-state index in [1.807, 2.05) is 6.07 Å². The molecule has 1 aliphatic heterocycles. The van der Waals surface area contributed by atoms with E-state index in [1.165, 1.54) is 31.3 Å². The number of nitriles is 1. The fourth-order valence-electron chi connectivity index (χ4n) is 2.71. The van der Waals surface area contributed by atoms with E-state index in [4.69, 9.17) is 5.26 Å². The van der Waals surface area contributed by atoms with Crippen molar-refractivity contribution in [2.45, 2.75) is 31.9 Å². The van der Waals surface area contributed by atoms with E-state index >= 15 is 0 Å². The number of halogens is 2. The quantitative estimate of drug-likeness (QED) is 0.886. The Labute approximate surface area is 142 Å². The lowest BCUT2D eigenvalue weighted by molar-refractivity contribution is -0.246. The van der Waals surface area contributed by atoms with Crippen LogP contribution in [0.2, 0.25) is 0 Å². The Kier molecular flexibility index (Phi) is 4.29. The molecule has 6 nitrogen and oxygen atoms in total. The molecule has 0 saturated carbocycles. The van der Waals surface area contributed by atoms with Crippen LogP contribution in [0.1, 0.15) is 29.8 Å². The Hall–Kier alpha value is -2.76. The van der Waals surface area contributed by atoms with Gasteiger partial charge in [0.1, 0.15) is 11.8 Å². The molecule has 3 rings (SSSR count). The van der Waals surface area contributed by atoms with Gasteiger partial charge in [-0.2, -0.15) is 14.0 Å². The molecule has 0 fully saturated rings. The van der Waals surface area contributed by atoms with E-state index in [9.17, 15) is 19.0 Å². The van der Waals surface area contributed by atoms with Gasteiger partial charge in [-0.25, -0.2) is 4.98 Å². The maximum absolute atomic E-state index is 14.2. The molecule has 1 aromatic heterocycles. The summed E-state index contributed by atoms with van der Waals surface area (Å²) >= 11 is 0. The van der Waals surface area contributed by atoms with Gasteiger partial charge >= 0.3 is 6.11 Å². The normalized spacial score (nSPS) is 19.5. The van der Waals surface area contributed by atoms with Crippen LogP contribution in [0, 0.1) is 11.3 Å². The van der Waals surface area contributed by atoms with Gasteiger partial charge in [0.15, 0.2) is 5.75 Å². The average molecular weight is 347 g/mol. The van der Waals surface area contributed by atoms with Crippen LogP contribution in [-0.2, 0) is 6.54 Å². The minimum atomic E-state index is -3.86. The molecule has 25 heavy (non-hydrogen) atoms. The molecule has 0 aliphatic carbocycles. The van der Waals surface area contributed by atoms with Gasteiger partial charge in [0.25, 0.3) is 0 Å². The first-order chi connectivity index (χ1) is 11.8. The summed E-state index contributed by atoms with van der Waals surface area (Å²) in [7, 11) is 0. The molecule has 2 aromatic rings. The number of hydrogen-bond donors (Lipinski definition) is 2. The van der Waals surface area contributed by atoms with Gasteiger partial charge in [-0.15, -0.1) is 0 Å². The summed E-state index contributed by atoms with van der Waals surface area (Å²) in [5, 5.41) is 28.8. The van der Waals surface area contributed by atoms with Gasteiger partial charge in [-0.1, -0.05) is 12.1 Å². The molecule has 0 bridgehead atoms. The molecular formula is C17H15F2N3O3. The van der Waals surface area contributed by atoms with Gasteiger partial charge in [-0.3, -0.25) is 0 Å². The Balaban J connectivity index is 2.07. The van der Waals surface area contributed by atoms with Gasteiger partial charge in [0.2, 0.25) is 6.23 Å². The van der Waals surface area contributed by atoms with Crippen molar-refractivity contribution in [1.29, 1.82) is 5.26 Å². The highest BCUT2D eigenvalue weighted by Crippen LogP contribution is 2.45.